The van der Waals surface area contributed by atoms with Gasteiger partial charge in [-0.05, 0) is 46.1 Å². The zero-order valence-electron chi connectivity index (χ0n) is 9.56. The molecule has 1 atom stereocenters. The minimum Gasteiger partial charge on any atom is -0.387 e. The smallest absolute Gasteiger partial charge is 0.0922 e. The molecule has 0 radical (unpaired) electrons. The predicted octanol–water partition coefficient (Wildman–Crippen LogP) is 3.74. The van der Waals surface area contributed by atoms with Crippen LogP contribution in [0.2, 0.25) is 0 Å². The van der Waals surface area contributed by atoms with Crippen LogP contribution in [-0.2, 0) is 12.8 Å². The van der Waals surface area contributed by atoms with Crippen LogP contribution in [0.3, 0.4) is 0 Å². The van der Waals surface area contributed by atoms with Crippen molar-refractivity contribution in [2.75, 3.05) is 0 Å². The van der Waals surface area contributed by atoms with E-state index in [1.54, 1.807) is 23.7 Å². The number of aromatic nitrogens is 1. The second-order valence-corrected chi connectivity index (χ2v) is 6.00. The summed E-state index contributed by atoms with van der Waals surface area (Å²) in [7, 11) is 0. The van der Waals surface area contributed by atoms with Gasteiger partial charge in [0.2, 0.25) is 0 Å². The van der Waals surface area contributed by atoms with E-state index in [0.717, 1.165) is 21.3 Å². The van der Waals surface area contributed by atoms with Crippen LogP contribution in [0.15, 0.2) is 35.1 Å². The SMILES string of the molecule is CCc1ccc(C(O)Cc2cncc(Br)c2)s1. The molecule has 2 heterocycles. The van der Waals surface area contributed by atoms with Crippen molar-refractivity contribution in [3.05, 3.63) is 50.4 Å². The van der Waals surface area contributed by atoms with Crippen molar-refractivity contribution in [1.82, 2.24) is 4.98 Å². The highest BCUT2D eigenvalue weighted by Crippen LogP contribution is 2.26. The summed E-state index contributed by atoms with van der Waals surface area (Å²) in [6.45, 7) is 2.13. The van der Waals surface area contributed by atoms with E-state index in [-0.39, 0.29) is 0 Å². The second-order valence-electron chi connectivity index (χ2n) is 3.89. The molecule has 0 aliphatic carbocycles. The summed E-state index contributed by atoms with van der Waals surface area (Å²) in [4.78, 5) is 6.44. The number of aryl methyl sites for hydroxylation is 1. The Morgan fingerprint density at radius 1 is 1.41 bits per heavy atom. The van der Waals surface area contributed by atoms with Gasteiger partial charge >= 0.3 is 0 Å². The van der Waals surface area contributed by atoms with Crippen molar-refractivity contribution < 1.29 is 5.11 Å². The van der Waals surface area contributed by atoms with Gasteiger partial charge in [0.15, 0.2) is 0 Å². The van der Waals surface area contributed by atoms with E-state index in [0.29, 0.717) is 6.42 Å². The van der Waals surface area contributed by atoms with E-state index >= 15 is 0 Å². The van der Waals surface area contributed by atoms with E-state index in [4.69, 9.17) is 0 Å². The first-order chi connectivity index (χ1) is 8.19. The number of aliphatic hydroxyl groups excluding tert-OH is 1. The number of hydrogen-bond donors (Lipinski definition) is 1. The molecule has 0 amide bonds. The summed E-state index contributed by atoms with van der Waals surface area (Å²) in [6.07, 6.45) is 4.74. The molecular weight excluding hydrogens is 298 g/mol. The molecule has 17 heavy (non-hydrogen) atoms. The molecular formula is C13H14BrNOS. The first kappa shape index (κ1) is 12.7. The first-order valence-electron chi connectivity index (χ1n) is 5.55. The fourth-order valence-corrected chi connectivity index (χ4v) is 3.01. The average Bonchev–Trinajstić information content (AvgIpc) is 2.77. The molecule has 1 unspecified atom stereocenters. The van der Waals surface area contributed by atoms with Crippen LogP contribution in [0.4, 0.5) is 0 Å². The minimum atomic E-state index is -0.434. The third-order valence-electron chi connectivity index (χ3n) is 2.55. The maximum Gasteiger partial charge on any atom is 0.0922 e. The lowest BCUT2D eigenvalue weighted by Gasteiger charge is -2.08. The molecule has 0 bridgehead atoms. The number of thiophene rings is 1. The van der Waals surface area contributed by atoms with Gasteiger partial charge in [-0.25, -0.2) is 0 Å². The highest BCUT2D eigenvalue weighted by atomic mass is 79.9. The van der Waals surface area contributed by atoms with Crippen molar-refractivity contribution in [3.8, 4) is 0 Å². The molecule has 0 saturated heterocycles. The summed E-state index contributed by atoms with van der Waals surface area (Å²) >= 11 is 5.06. The molecule has 2 aromatic rings. The molecule has 4 heteroatoms. The zero-order chi connectivity index (χ0) is 12.3. The highest BCUT2D eigenvalue weighted by Gasteiger charge is 2.11. The number of hydrogen-bond acceptors (Lipinski definition) is 3. The van der Waals surface area contributed by atoms with Crippen LogP contribution in [0.25, 0.3) is 0 Å². The van der Waals surface area contributed by atoms with Gasteiger partial charge in [-0.15, -0.1) is 11.3 Å². The topological polar surface area (TPSA) is 33.1 Å². The van der Waals surface area contributed by atoms with Gasteiger partial charge in [-0.2, -0.15) is 0 Å². The summed E-state index contributed by atoms with van der Waals surface area (Å²) in [5.74, 6) is 0. The van der Waals surface area contributed by atoms with Crippen molar-refractivity contribution in [3.63, 3.8) is 0 Å². The monoisotopic (exact) mass is 311 g/mol. The van der Waals surface area contributed by atoms with E-state index in [1.807, 2.05) is 12.1 Å². The van der Waals surface area contributed by atoms with Gasteiger partial charge in [0.25, 0.3) is 0 Å². The quantitative estimate of drug-likeness (QED) is 0.933. The second kappa shape index (κ2) is 5.76. The van der Waals surface area contributed by atoms with Crippen LogP contribution in [0.5, 0.6) is 0 Å². The Hall–Kier alpha value is -0.710. The molecule has 0 fully saturated rings. The molecule has 1 N–H and O–H groups in total. The zero-order valence-corrected chi connectivity index (χ0v) is 12.0. The normalized spacial score (nSPS) is 12.6. The van der Waals surface area contributed by atoms with Gasteiger partial charge in [-0.3, -0.25) is 4.98 Å². The van der Waals surface area contributed by atoms with E-state index in [9.17, 15) is 5.11 Å². The third-order valence-corrected chi connectivity index (χ3v) is 4.31. The Balaban J connectivity index is 2.08. The summed E-state index contributed by atoms with van der Waals surface area (Å²) in [5, 5.41) is 10.1. The van der Waals surface area contributed by atoms with Crippen LogP contribution >= 0.6 is 27.3 Å². The lowest BCUT2D eigenvalue weighted by molar-refractivity contribution is 0.182. The van der Waals surface area contributed by atoms with E-state index in [2.05, 4.69) is 33.9 Å². The van der Waals surface area contributed by atoms with Crippen molar-refractivity contribution in [2.24, 2.45) is 0 Å². The molecule has 2 nitrogen and oxygen atoms in total. The summed E-state index contributed by atoms with van der Waals surface area (Å²) in [5.41, 5.74) is 1.04. The van der Waals surface area contributed by atoms with Gasteiger partial charge in [0.1, 0.15) is 0 Å². The van der Waals surface area contributed by atoms with Gasteiger partial charge < -0.3 is 5.11 Å². The standard InChI is InChI=1S/C13H14BrNOS/c1-2-11-3-4-13(17-11)12(16)6-9-5-10(14)8-15-7-9/h3-5,7-8,12,16H,2,6H2,1H3. The Kier molecular flexibility index (Phi) is 4.31. The maximum atomic E-state index is 10.1. The van der Waals surface area contributed by atoms with Gasteiger partial charge in [-0.1, -0.05) is 6.92 Å². The van der Waals surface area contributed by atoms with Gasteiger partial charge in [0.05, 0.1) is 6.10 Å². The third kappa shape index (κ3) is 3.37. The summed E-state index contributed by atoms with van der Waals surface area (Å²) < 4.78 is 0.947. The Morgan fingerprint density at radius 2 is 2.24 bits per heavy atom. The molecule has 2 rings (SSSR count). The van der Waals surface area contributed by atoms with Gasteiger partial charge in [0, 0.05) is 33.0 Å². The van der Waals surface area contributed by atoms with Crippen molar-refractivity contribution >= 4 is 27.3 Å². The molecule has 0 aromatic carbocycles. The molecule has 0 spiro atoms. The molecule has 90 valence electrons. The van der Waals surface area contributed by atoms with Crippen molar-refractivity contribution in [2.45, 2.75) is 25.9 Å². The number of rotatable bonds is 4. The Morgan fingerprint density at radius 3 is 2.88 bits per heavy atom. The Bertz CT molecular complexity index is 498. The van der Waals surface area contributed by atoms with E-state index < -0.39 is 6.10 Å². The van der Waals surface area contributed by atoms with Crippen LogP contribution in [0.1, 0.15) is 28.3 Å². The van der Waals surface area contributed by atoms with Crippen LogP contribution < -0.4 is 0 Å². The molecule has 0 aliphatic heterocycles. The average molecular weight is 312 g/mol. The lowest BCUT2D eigenvalue weighted by Crippen LogP contribution is -1.99. The predicted molar refractivity (Wildman–Crippen MR) is 74.3 cm³/mol. The Labute approximate surface area is 113 Å². The first-order valence-corrected chi connectivity index (χ1v) is 7.16. The largest absolute Gasteiger partial charge is 0.387 e. The minimum absolute atomic E-state index is 0.434. The number of halogens is 1. The molecule has 0 aliphatic rings. The summed E-state index contributed by atoms with van der Waals surface area (Å²) in [6, 6.07) is 6.09. The number of aliphatic hydroxyl groups is 1. The van der Waals surface area contributed by atoms with Crippen LogP contribution in [-0.4, -0.2) is 10.1 Å². The highest BCUT2D eigenvalue weighted by molar-refractivity contribution is 9.10. The van der Waals surface area contributed by atoms with Crippen molar-refractivity contribution in [1.29, 1.82) is 0 Å². The fraction of sp³-hybridized carbons (Fsp3) is 0.308. The van der Waals surface area contributed by atoms with Crippen LogP contribution in [0, 0.1) is 0 Å². The number of nitrogens with zero attached hydrogens (tertiary/aromatic N) is 1. The molecule has 0 saturated carbocycles. The lowest BCUT2D eigenvalue weighted by atomic mass is 10.1. The maximum absolute atomic E-state index is 10.1. The molecule has 2 aromatic heterocycles. The van der Waals surface area contributed by atoms with E-state index in [1.165, 1.54) is 4.88 Å². The number of pyridine rings is 1. The fourth-order valence-electron chi connectivity index (χ4n) is 1.65.